The van der Waals surface area contributed by atoms with Crippen molar-refractivity contribution in [3.05, 3.63) is 29.8 Å². The summed E-state index contributed by atoms with van der Waals surface area (Å²) in [5.41, 5.74) is 7.28. The van der Waals surface area contributed by atoms with Crippen LogP contribution in [0, 0.1) is 11.8 Å². The molecule has 3 fully saturated rings. The van der Waals surface area contributed by atoms with Crippen LogP contribution < -0.4 is 15.4 Å². The van der Waals surface area contributed by atoms with Crippen molar-refractivity contribution in [1.82, 2.24) is 5.32 Å². The van der Waals surface area contributed by atoms with E-state index in [1.54, 1.807) is 24.3 Å². The van der Waals surface area contributed by atoms with E-state index in [-0.39, 0.29) is 23.7 Å². The predicted molar refractivity (Wildman–Crippen MR) is 101 cm³/mol. The number of carbonyl (C=O) groups is 1. The number of fused-ring (bicyclic) bond motifs is 2. The van der Waals surface area contributed by atoms with Crippen LogP contribution in [0.2, 0.25) is 0 Å². The first-order chi connectivity index (χ1) is 12.4. The van der Waals surface area contributed by atoms with Gasteiger partial charge in [0.25, 0.3) is 5.91 Å². The molecule has 2 unspecified atom stereocenters. The largest absolute Gasteiger partial charge is 0.349 e. The van der Waals surface area contributed by atoms with Crippen LogP contribution in [0.5, 0.6) is 0 Å². The van der Waals surface area contributed by atoms with Gasteiger partial charge in [-0.25, -0.2) is 8.42 Å². The van der Waals surface area contributed by atoms with Gasteiger partial charge in [-0.15, -0.1) is 0 Å². The van der Waals surface area contributed by atoms with Crippen molar-refractivity contribution >= 4 is 21.6 Å². The summed E-state index contributed by atoms with van der Waals surface area (Å²) >= 11 is 0. The second-order valence-corrected chi connectivity index (χ2v) is 9.99. The molecule has 1 aromatic carbocycles. The number of amides is 1. The maximum absolute atomic E-state index is 12.8. The van der Waals surface area contributed by atoms with Gasteiger partial charge in [0.15, 0.2) is 0 Å². The molecule has 1 aliphatic heterocycles. The molecule has 1 amide bonds. The SMILES string of the molecule is NC1CC2CCCC(C1)C2NC(=O)c1cccc(N2CCCS2(=O)=O)c1. The zero-order chi connectivity index (χ0) is 18.3. The number of anilines is 1. The molecule has 0 radical (unpaired) electrons. The molecular formula is C19H27N3O3S. The molecule has 0 spiro atoms. The molecular weight excluding hydrogens is 350 g/mol. The molecule has 1 aromatic rings. The van der Waals surface area contributed by atoms with Gasteiger partial charge < -0.3 is 11.1 Å². The summed E-state index contributed by atoms with van der Waals surface area (Å²) < 4.78 is 25.7. The minimum absolute atomic E-state index is 0.110. The van der Waals surface area contributed by atoms with E-state index in [0.29, 0.717) is 36.1 Å². The Morgan fingerprint density at radius 1 is 1.15 bits per heavy atom. The Bertz CT molecular complexity index is 781. The van der Waals surface area contributed by atoms with Crippen molar-refractivity contribution in [3.63, 3.8) is 0 Å². The van der Waals surface area contributed by atoms with Crippen LogP contribution in [-0.4, -0.2) is 38.7 Å². The third kappa shape index (κ3) is 3.34. The summed E-state index contributed by atoms with van der Waals surface area (Å²) in [6, 6.07) is 7.41. The molecule has 2 saturated carbocycles. The number of hydrogen-bond acceptors (Lipinski definition) is 4. The number of nitrogens with two attached hydrogens (primary N) is 1. The van der Waals surface area contributed by atoms with E-state index in [1.807, 2.05) is 0 Å². The number of nitrogens with zero attached hydrogens (tertiary/aromatic N) is 1. The van der Waals surface area contributed by atoms with Crippen molar-refractivity contribution in [3.8, 4) is 0 Å². The quantitative estimate of drug-likeness (QED) is 0.841. The van der Waals surface area contributed by atoms with Gasteiger partial charge in [-0.3, -0.25) is 9.10 Å². The van der Waals surface area contributed by atoms with E-state index in [0.717, 1.165) is 25.7 Å². The first-order valence-electron chi connectivity index (χ1n) is 9.61. The van der Waals surface area contributed by atoms with E-state index < -0.39 is 10.0 Å². The third-order valence-corrected chi connectivity index (χ3v) is 8.04. The average molecular weight is 378 g/mol. The minimum Gasteiger partial charge on any atom is -0.349 e. The zero-order valence-electron chi connectivity index (χ0n) is 14.9. The summed E-state index contributed by atoms with van der Waals surface area (Å²) in [5.74, 6) is 0.989. The maximum Gasteiger partial charge on any atom is 0.251 e. The van der Waals surface area contributed by atoms with E-state index in [2.05, 4.69) is 5.32 Å². The van der Waals surface area contributed by atoms with Crippen molar-refractivity contribution in [2.24, 2.45) is 17.6 Å². The molecule has 1 heterocycles. The minimum atomic E-state index is -3.24. The Balaban J connectivity index is 1.51. The number of carbonyl (C=O) groups excluding carboxylic acids is 1. The maximum atomic E-state index is 12.8. The van der Waals surface area contributed by atoms with Gasteiger partial charge in [-0.2, -0.15) is 0 Å². The average Bonchev–Trinajstić information content (AvgIpc) is 2.95. The lowest BCUT2D eigenvalue weighted by Crippen LogP contribution is -2.53. The molecule has 2 atom stereocenters. The molecule has 142 valence electrons. The summed E-state index contributed by atoms with van der Waals surface area (Å²) in [5, 5.41) is 3.23. The molecule has 26 heavy (non-hydrogen) atoms. The third-order valence-electron chi connectivity index (χ3n) is 6.17. The first-order valence-corrected chi connectivity index (χ1v) is 11.2. The molecule has 4 rings (SSSR count). The standard InChI is InChI=1S/C19H27N3O3S/c20-16-10-13-4-1-5-14(11-16)18(13)21-19(23)15-6-2-7-17(12-15)22-8-3-9-26(22,24)25/h2,6-7,12-14,16,18H,1,3-5,8-11,20H2,(H,21,23). The highest BCUT2D eigenvalue weighted by atomic mass is 32.2. The summed E-state index contributed by atoms with van der Waals surface area (Å²) in [7, 11) is -3.24. The van der Waals surface area contributed by atoms with Crippen molar-refractivity contribution in [2.45, 2.75) is 50.6 Å². The fourth-order valence-electron chi connectivity index (χ4n) is 4.99. The van der Waals surface area contributed by atoms with Gasteiger partial charge in [-0.05, 0) is 62.1 Å². The highest BCUT2D eigenvalue weighted by Gasteiger charge is 2.40. The van der Waals surface area contributed by atoms with Crippen molar-refractivity contribution < 1.29 is 13.2 Å². The number of benzene rings is 1. The normalized spacial score (nSPS) is 33.0. The molecule has 2 aliphatic carbocycles. The number of rotatable bonds is 3. The van der Waals surface area contributed by atoms with Gasteiger partial charge in [0.1, 0.15) is 0 Å². The van der Waals surface area contributed by atoms with Crippen LogP contribution >= 0.6 is 0 Å². The van der Waals surface area contributed by atoms with Gasteiger partial charge in [0.05, 0.1) is 11.4 Å². The Labute approximate surface area is 155 Å². The Hall–Kier alpha value is -1.60. The first kappa shape index (κ1) is 17.8. The number of nitrogens with one attached hydrogen (secondary N) is 1. The van der Waals surface area contributed by atoms with Crippen LogP contribution in [0.1, 0.15) is 48.9 Å². The number of hydrogen-bond donors (Lipinski definition) is 2. The van der Waals surface area contributed by atoms with Gasteiger partial charge in [0.2, 0.25) is 10.0 Å². The monoisotopic (exact) mass is 377 g/mol. The predicted octanol–water partition coefficient (Wildman–Crippen LogP) is 1.86. The molecule has 0 aromatic heterocycles. The van der Waals surface area contributed by atoms with Gasteiger partial charge in [-0.1, -0.05) is 12.5 Å². The fraction of sp³-hybridized carbons (Fsp3) is 0.632. The topological polar surface area (TPSA) is 92.5 Å². The Morgan fingerprint density at radius 3 is 2.54 bits per heavy atom. The lowest BCUT2D eigenvalue weighted by Gasteiger charge is -2.45. The second-order valence-electron chi connectivity index (χ2n) is 7.97. The van der Waals surface area contributed by atoms with Crippen LogP contribution in [0.15, 0.2) is 24.3 Å². The zero-order valence-corrected chi connectivity index (χ0v) is 15.7. The second kappa shape index (κ2) is 6.85. The lowest BCUT2D eigenvalue weighted by molar-refractivity contribution is 0.0756. The van der Waals surface area contributed by atoms with Crippen LogP contribution in [0.3, 0.4) is 0 Å². The van der Waals surface area contributed by atoms with Crippen LogP contribution in [0.4, 0.5) is 5.69 Å². The van der Waals surface area contributed by atoms with Crippen LogP contribution in [0.25, 0.3) is 0 Å². The van der Waals surface area contributed by atoms with E-state index >= 15 is 0 Å². The van der Waals surface area contributed by atoms with Gasteiger partial charge in [0, 0.05) is 24.2 Å². The summed E-state index contributed by atoms with van der Waals surface area (Å²) in [6.45, 7) is 0.484. The molecule has 6 nitrogen and oxygen atoms in total. The summed E-state index contributed by atoms with van der Waals surface area (Å²) in [6.07, 6.45) is 6.06. The number of sulfonamides is 1. The van der Waals surface area contributed by atoms with Crippen molar-refractivity contribution in [1.29, 1.82) is 0 Å². The molecule has 2 bridgehead atoms. The summed E-state index contributed by atoms with van der Waals surface area (Å²) in [4.78, 5) is 12.8. The highest BCUT2D eigenvalue weighted by molar-refractivity contribution is 7.93. The highest BCUT2D eigenvalue weighted by Crippen LogP contribution is 2.39. The molecule has 7 heteroatoms. The lowest BCUT2D eigenvalue weighted by atomic mass is 9.67. The Kier molecular flexibility index (Phi) is 4.69. The van der Waals surface area contributed by atoms with E-state index in [1.165, 1.54) is 10.7 Å². The molecule has 1 saturated heterocycles. The molecule has 3 aliphatic rings. The van der Waals surface area contributed by atoms with E-state index in [4.69, 9.17) is 5.73 Å². The van der Waals surface area contributed by atoms with Gasteiger partial charge >= 0.3 is 0 Å². The van der Waals surface area contributed by atoms with Crippen molar-refractivity contribution in [2.75, 3.05) is 16.6 Å². The van der Waals surface area contributed by atoms with Crippen LogP contribution in [-0.2, 0) is 10.0 Å². The van der Waals surface area contributed by atoms with E-state index in [9.17, 15) is 13.2 Å². The fourth-order valence-corrected chi connectivity index (χ4v) is 6.55. The smallest absolute Gasteiger partial charge is 0.251 e. The Morgan fingerprint density at radius 2 is 1.88 bits per heavy atom. The molecule has 3 N–H and O–H groups in total.